The monoisotopic (exact) mass is 318 g/mol. The van der Waals surface area contributed by atoms with Gasteiger partial charge in [-0.2, -0.15) is 0 Å². The average molecular weight is 318 g/mol. The molecule has 1 aromatic heterocycles. The zero-order valence-corrected chi connectivity index (χ0v) is 11.1. The molecule has 0 saturated carbocycles. The molecule has 1 heterocycles. The molecule has 0 aliphatic rings. The topological polar surface area (TPSA) is 9.23 Å². The summed E-state index contributed by atoms with van der Waals surface area (Å²) in [5.41, 5.74) is 0. The fourth-order valence-electron chi connectivity index (χ4n) is 1.45. The molecule has 0 aliphatic heterocycles. The van der Waals surface area contributed by atoms with Gasteiger partial charge in [0.15, 0.2) is 0 Å². The maximum absolute atomic E-state index is 5.21. The smallest absolute Gasteiger partial charge is 0.120 e. The molecule has 0 aliphatic carbocycles. The Bertz CT molecular complexity index is 462. The van der Waals surface area contributed by atoms with Crippen LogP contribution in [-0.2, 0) is 6.42 Å². The van der Waals surface area contributed by atoms with Crippen molar-refractivity contribution in [1.29, 1.82) is 0 Å². The number of rotatable bonds is 2. The minimum Gasteiger partial charge on any atom is -0.497 e. The van der Waals surface area contributed by atoms with Gasteiger partial charge in [-0.3, -0.25) is 0 Å². The van der Waals surface area contributed by atoms with E-state index in [1.54, 1.807) is 7.11 Å². The second-order valence-corrected chi connectivity index (χ2v) is 5.27. The van der Waals surface area contributed by atoms with E-state index in [0.29, 0.717) is 0 Å². The molecule has 0 amide bonds. The van der Waals surface area contributed by atoms with Crippen LogP contribution in [0.3, 0.4) is 0 Å². The highest BCUT2D eigenvalue weighted by Gasteiger charge is 2.08. The summed E-state index contributed by atoms with van der Waals surface area (Å²) in [7, 11) is 1.71. The van der Waals surface area contributed by atoms with Crippen LogP contribution in [0, 0.1) is 3.57 Å². The van der Waals surface area contributed by atoms with Crippen LogP contribution < -0.4 is 4.74 Å². The summed E-state index contributed by atoms with van der Waals surface area (Å²) in [5, 5.41) is 1.35. The first-order valence-corrected chi connectivity index (χ1v) is 6.40. The predicted molar refractivity (Wildman–Crippen MR) is 70.5 cm³/mol. The Morgan fingerprint density at radius 2 is 2.21 bits per heavy atom. The van der Waals surface area contributed by atoms with E-state index in [9.17, 15) is 0 Å². The van der Waals surface area contributed by atoms with Crippen LogP contribution in [0.2, 0.25) is 0 Å². The molecule has 0 radical (unpaired) electrons. The summed E-state index contributed by atoms with van der Waals surface area (Å²) in [5.74, 6) is 0.942. The third kappa shape index (κ3) is 1.63. The number of halogens is 1. The Morgan fingerprint density at radius 1 is 1.43 bits per heavy atom. The third-order valence-electron chi connectivity index (χ3n) is 2.22. The van der Waals surface area contributed by atoms with Gasteiger partial charge in [-0.25, -0.2) is 0 Å². The third-order valence-corrected chi connectivity index (χ3v) is 5.12. The van der Waals surface area contributed by atoms with Crippen molar-refractivity contribution in [1.82, 2.24) is 0 Å². The van der Waals surface area contributed by atoms with Crippen molar-refractivity contribution in [2.45, 2.75) is 13.3 Å². The van der Waals surface area contributed by atoms with Gasteiger partial charge in [0.25, 0.3) is 0 Å². The number of hydrogen-bond acceptors (Lipinski definition) is 2. The van der Waals surface area contributed by atoms with Gasteiger partial charge < -0.3 is 4.74 Å². The van der Waals surface area contributed by atoms with Crippen LogP contribution in [0.5, 0.6) is 5.75 Å². The molecular weight excluding hydrogens is 307 g/mol. The zero-order valence-electron chi connectivity index (χ0n) is 8.13. The maximum atomic E-state index is 5.21. The normalized spacial score (nSPS) is 10.8. The van der Waals surface area contributed by atoms with Gasteiger partial charge >= 0.3 is 0 Å². The second kappa shape index (κ2) is 4.06. The molecule has 3 heteroatoms. The fourth-order valence-corrected chi connectivity index (χ4v) is 3.88. The summed E-state index contributed by atoms with van der Waals surface area (Å²) >= 11 is 4.29. The quantitative estimate of drug-likeness (QED) is 0.758. The van der Waals surface area contributed by atoms with Gasteiger partial charge in [-0.15, -0.1) is 11.3 Å². The molecule has 0 saturated heterocycles. The van der Waals surface area contributed by atoms with Crippen molar-refractivity contribution < 1.29 is 4.74 Å². The Balaban J connectivity index is 2.66. The summed E-state index contributed by atoms with van der Waals surface area (Å²) in [6, 6.07) is 6.28. The number of ether oxygens (including phenoxy) is 1. The number of fused-ring (bicyclic) bond motifs is 1. The van der Waals surface area contributed by atoms with Crippen LogP contribution in [0.15, 0.2) is 18.2 Å². The van der Waals surface area contributed by atoms with E-state index in [1.165, 1.54) is 18.5 Å². The van der Waals surface area contributed by atoms with E-state index >= 15 is 0 Å². The molecule has 2 rings (SSSR count). The molecule has 2 aromatic rings. The van der Waals surface area contributed by atoms with Crippen molar-refractivity contribution >= 4 is 44.0 Å². The van der Waals surface area contributed by atoms with E-state index in [0.717, 1.165) is 12.2 Å². The van der Waals surface area contributed by atoms with Gasteiger partial charge in [-0.05, 0) is 47.2 Å². The van der Waals surface area contributed by atoms with Gasteiger partial charge in [0.2, 0.25) is 0 Å². The summed E-state index contributed by atoms with van der Waals surface area (Å²) in [6.45, 7) is 2.20. The molecule has 0 spiro atoms. The lowest BCUT2D eigenvalue weighted by Crippen LogP contribution is -1.80. The molecule has 0 N–H and O–H groups in total. The first-order chi connectivity index (χ1) is 6.76. The molecule has 0 unspecified atom stereocenters. The summed E-state index contributed by atoms with van der Waals surface area (Å²) < 4.78 is 7.93. The fraction of sp³-hybridized carbons (Fsp3) is 0.273. The Hall–Kier alpha value is -0.290. The molecule has 1 aromatic carbocycles. The van der Waals surface area contributed by atoms with Crippen molar-refractivity contribution in [2.24, 2.45) is 0 Å². The lowest BCUT2D eigenvalue weighted by atomic mass is 10.2. The Kier molecular flexibility index (Phi) is 2.97. The predicted octanol–water partition coefficient (Wildman–Crippen LogP) is 4.08. The summed E-state index contributed by atoms with van der Waals surface area (Å²) in [4.78, 5) is 1.47. The first kappa shape index (κ1) is 10.2. The van der Waals surface area contributed by atoms with Gasteiger partial charge in [0.05, 0.1) is 7.11 Å². The highest BCUT2D eigenvalue weighted by atomic mass is 127. The zero-order chi connectivity index (χ0) is 10.1. The number of hydrogen-bond donors (Lipinski definition) is 0. The van der Waals surface area contributed by atoms with Crippen LogP contribution >= 0.6 is 33.9 Å². The van der Waals surface area contributed by atoms with E-state index in [-0.39, 0.29) is 0 Å². The van der Waals surface area contributed by atoms with Crippen molar-refractivity contribution in [3.8, 4) is 5.75 Å². The molecule has 0 fully saturated rings. The van der Waals surface area contributed by atoms with Crippen LogP contribution in [0.25, 0.3) is 10.1 Å². The average Bonchev–Trinajstić information content (AvgIpc) is 2.55. The van der Waals surface area contributed by atoms with Gasteiger partial charge in [0.1, 0.15) is 5.75 Å². The van der Waals surface area contributed by atoms with Crippen molar-refractivity contribution in [3.63, 3.8) is 0 Å². The highest BCUT2D eigenvalue weighted by molar-refractivity contribution is 14.1. The minimum atomic E-state index is 0.942. The minimum absolute atomic E-state index is 0.942. The largest absolute Gasteiger partial charge is 0.497 e. The molecule has 74 valence electrons. The highest BCUT2D eigenvalue weighted by Crippen LogP contribution is 2.34. The van der Waals surface area contributed by atoms with Gasteiger partial charge in [-0.1, -0.05) is 6.92 Å². The van der Waals surface area contributed by atoms with E-state index in [4.69, 9.17) is 4.74 Å². The molecular formula is C11H11IOS. The van der Waals surface area contributed by atoms with E-state index in [1.807, 2.05) is 17.4 Å². The van der Waals surface area contributed by atoms with Crippen molar-refractivity contribution in [3.05, 3.63) is 26.6 Å². The lowest BCUT2D eigenvalue weighted by Gasteiger charge is -1.97. The van der Waals surface area contributed by atoms with Crippen LogP contribution in [-0.4, -0.2) is 7.11 Å². The number of thiophene rings is 1. The molecule has 0 bridgehead atoms. The Morgan fingerprint density at radius 3 is 2.86 bits per heavy atom. The SMILES string of the molecule is CCc1sc2cc(OC)ccc2c1I. The lowest BCUT2D eigenvalue weighted by molar-refractivity contribution is 0.415. The molecule has 14 heavy (non-hydrogen) atoms. The van der Waals surface area contributed by atoms with Crippen LogP contribution in [0.4, 0.5) is 0 Å². The number of aryl methyl sites for hydroxylation is 1. The first-order valence-electron chi connectivity index (χ1n) is 4.51. The number of benzene rings is 1. The second-order valence-electron chi connectivity index (χ2n) is 3.05. The Labute approximate surface area is 101 Å². The maximum Gasteiger partial charge on any atom is 0.120 e. The number of methoxy groups -OCH3 is 1. The van der Waals surface area contributed by atoms with Crippen LogP contribution in [0.1, 0.15) is 11.8 Å². The van der Waals surface area contributed by atoms with Crippen molar-refractivity contribution in [2.75, 3.05) is 7.11 Å². The summed E-state index contributed by atoms with van der Waals surface area (Å²) in [6.07, 6.45) is 1.11. The van der Waals surface area contributed by atoms with E-state index < -0.39 is 0 Å². The van der Waals surface area contributed by atoms with E-state index in [2.05, 4.69) is 41.6 Å². The molecule has 0 atom stereocenters. The molecule has 1 nitrogen and oxygen atoms in total. The standard InChI is InChI=1S/C11H11IOS/c1-3-9-11(12)8-5-4-7(13-2)6-10(8)14-9/h4-6H,3H2,1-2H3. The van der Waals surface area contributed by atoms with Gasteiger partial charge in [0, 0.05) is 18.5 Å².